The summed E-state index contributed by atoms with van der Waals surface area (Å²) in [6, 6.07) is 3.66. The molecule has 0 saturated heterocycles. The normalized spacial score (nSPS) is 15.3. The van der Waals surface area contributed by atoms with Gasteiger partial charge in [0.2, 0.25) is 0 Å². The largest absolute Gasteiger partial charge is 0.385 e. The number of pyridine rings is 1. The molecule has 1 amide bonds. The zero-order valence-electron chi connectivity index (χ0n) is 11.3. The highest BCUT2D eigenvalue weighted by Gasteiger charge is 2.38. The number of anilines is 1. The van der Waals surface area contributed by atoms with Gasteiger partial charge in [0, 0.05) is 24.0 Å². The number of rotatable bonds is 5. The maximum absolute atomic E-state index is 12.1. The van der Waals surface area contributed by atoms with Gasteiger partial charge in [-0.15, -0.1) is 0 Å². The third-order valence-corrected chi connectivity index (χ3v) is 3.41. The smallest absolute Gasteiger partial charge is 0.270 e. The van der Waals surface area contributed by atoms with E-state index in [1.807, 2.05) is 13.0 Å². The van der Waals surface area contributed by atoms with E-state index in [2.05, 4.69) is 29.5 Å². The Morgan fingerprint density at radius 3 is 2.83 bits per heavy atom. The van der Waals surface area contributed by atoms with E-state index in [1.54, 1.807) is 12.3 Å². The van der Waals surface area contributed by atoms with Crippen LogP contribution in [-0.2, 0) is 0 Å². The number of carbonyl (C=O) groups excluding carboxylic acids is 1. The number of nitrogens with zero attached hydrogens (tertiary/aromatic N) is 1. The van der Waals surface area contributed by atoms with E-state index < -0.39 is 0 Å². The predicted molar refractivity (Wildman–Crippen MR) is 72.7 cm³/mol. The van der Waals surface area contributed by atoms with Gasteiger partial charge < -0.3 is 10.6 Å². The van der Waals surface area contributed by atoms with Crippen LogP contribution in [-0.4, -0.2) is 23.0 Å². The number of nitrogens with one attached hydrogen (secondary N) is 2. The molecule has 0 spiro atoms. The molecule has 1 aliphatic rings. The number of hydrogen-bond acceptors (Lipinski definition) is 3. The molecule has 0 unspecified atom stereocenters. The summed E-state index contributed by atoms with van der Waals surface area (Å²) in [4.78, 5) is 16.3. The van der Waals surface area contributed by atoms with Crippen LogP contribution >= 0.6 is 0 Å². The molecule has 0 bridgehead atoms. The first-order valence-electron chi connectivity index (χ1n) is 6.55. The van der Waals surface area contributed by atoms with Gasteiger partial charge in [-0.3, -0.25) is 9.78 Å². The molecule has 0 aromatic carbocycles. The third kappa shape index (κ3) is 3.00. The fraction of sp³-hybridized carbons (Fsp3) is 0.571. The minimum atomic E-state index is -0.132. The number of aromatic nitrogens is 1. The van der Waals surface area contributed by atoms with Crippen molar-refractivity contribution in [1.82, 2.24) is 10.3 Å². The van der Waals surface area contributed by atoms with Crippen LogP contribution < -0.4 is 10.6 Å². The van der Waals surface area contributed by atoms with Crippen LogP contribution in [0.3, 0.4) is 0 Å². The topological polar surface area (TPSA) is 54.0 Å². The van der Waals surface area contributed by atoms with Crippen LogP contribution in [0.5, 0.6) is 0 Å². The molecule has 1 fully saturated rings. The van der Waals surface area contributed by atoms with Gasteiger partial charge in [0.1, 0.15) is 5.69 Å². The first-order chi connectivity index (χ1) is 8.53. The highest BCUT2D eigenvalue weighted by atomic mass is 16.2. The summed E-state index contributed by atoms with van der Waals surface area (Å²) in [6.45, 7) is 7.02. The molecule has 0 radical (unpaired) electrons. The van der Waals surface area contributed by atoms with Gasteiger partial charge in [-0.05, 0) is 51.7 Å². The molecule has 1 saturated carbocycles. The van der Waals surface area contributed by atoms with E-state index in [0.29, 0.717) is 11.6 Å². The molecular formula is C14H21N3O. The molecule has 1 aliphatic carbocycles. The Bertz CT molecular complexity index is 438. The minimum Gasteiger partial charge on any atom is -0.385 e. The fourth-order valence-corrected chi connectivity index (χ4v) is 2.13. The summed E-state index contributed by atoms with van der Waals surface area (Å²) in [5.41, 5.74) is 1.27. The summed E-state index contributed by atoms with van der Waals surface area (Å²) in [7, 11) is 0. The van der Waals surface area contributed by atoms with Crippen LogP contribution in [0.15, 0.2) is 18.3 Å². The van der Waals surface area contributed by atoms with Crippen LogP contribution in [0.2, 0.25) is 0 Å². The minimum absolute atomic E-state index is 0.0911. The van der Waals surface area contributed by atoms with Crippen molar-refractivity contribution in [3.05, 3.63) is 24.0 Å². The first kappa shape index (κ1) is 12.9. The molecule has 0 aliphatic heterocycles. The van der Waals surface area contributed by atoms with E-state index >= 15 is 0 Å². The number of carbonyl (C=O) groups is 1. The summed E-state index contributed by atoms with van der Waals surface area (Å²) < 4.78 is 0. The van der Waals surface area contributed by atoms with Crippen molar-refractivity contribution in [2.24, 2.45) is 5.92 Å². The van der Waals surface area contributed by atoms with Crippen molar-refractivity contribution in [1.29, 1.82) is 0 Å². The highest BCUT2D eigenvalue weighted by molar-refractivity contribution is 5.93. The molecule has 4 nitrogen and oxygen atoms in total. The van der Waals surface area contributed by atoms with E-state index in [9.17, 15) is 4.79 Å². The quantitative estimate of drug-likeness (QED) is 0.840. The lowest BCUT2D eigenvalue weighted by Crippen LogP contribution is -2.45. The monoisotopic (exact) mass is 247 g/mol. The zero-order valence-corrected chi connectivity index (χ0v) is 11.3. The summed E-state index contributed by atoms with van der Waals surface area (Å²) in [5.74, 6) is 0.519. The van der Waals surface area contributed by atoms with Gasteiger partial charge in [-0.25, -0.2) is 0 Å². The highest BCUT2D eigenvalue weighted by Crippen LogP contribution is 2.39. The Hall–Kier alpha value is -1.58. The second-order valence-electron chi connectivity index (χ2n) is 5.41. The second kappa shape index (κ2) is 4.96. The van der Waals surface area contributed by atoms with Crippen LogP contribution in [0.25, 0.3) is 0 Å². The van der Waals surface area contributed by atoms with Crippen molar-refractivity contribution in [3.63, 3.8) is 0 Å². The lowest BCUT2D eigenvalue weighted by molar-refractivity contribution is 0.0898. The Morgan fingerprint density at radius 1 is 1.50 bits per heavy atom. The molecule has 0 atom stereocenters. The van der Waals surface area contributed by atoms with Gasteiger partial charge in [-0.1, -0.05) is 0 Å². The molecular weight excluding hydrogens is 226 g/mol. The van der Waals surface area contributed by atoms with E-state index in [0.717, 1.165) is 12.2 Å². The van der Waals surface area contributed by atoms with Crippen molar-refractivity contribution >= 4 is 11.6 Å². The van der Waals surface area contributed by atoms with Gasteiger partial charge in [-0.2, -0.15) is 0 Å². The molecule has 2 N–H and O–H groups in total. The average Bonchev–Trinajstić information content (AvgIpc) is 3.13. The molecule has 1 heterocycles. The molecule has 1 aromatic rings. The van der Waals surface area contributed by atoms with Crippen LogP contribution in [0.4, 0.5) is 5.69 Å². The van der Waals surface area contributed by atoms with Crippen molar-refractivity contribution in [2.45, 2.75) is 39.2 Å². The van der Waals surface area contributed by atoms with Gasteiger partial charge in [0.25, 0.3) is 5.91 Å². The third-order valence-electron chi connectivity index (χ3n) is 3.41. The summed E-state index contributed by atoms with van der Waals surface area (Å²) in [5, 5.41) is 6.26. The predicted octanol–water partition coefficient (Wildman–Crippen LogP) is 2.43. The zero-order chi connectivity index (χ0) is 13.2. The van der Waals surface area contributed by atoms with Crippen molar-refractivity contribution in [2.75, 3.05) is 11.9 Å². The Morgan fingerprint density at radius 2 is 2.22 bits per heavy atom. The molecule has 18 heavy (non-hydrogen) atoms. The van der Waals surface area contributed by atoms with Gasteiger partial charge in [0.05, 0.1) is 0 Å². The molecule has 2 rings (SSSR count). The summed E-state index contributed by atoms with van der Waals surface area (Å²) in [6.07, 6.45) is 4.08. The van der Waals surface area contributed by atoms with E-state index in [-0.39, 0.29) is 11.4 Å². The van der Waals surface area contributed by atoms with E-state index in [1.165, 1.54) is 12.8 Å². The van der Waals surface area contributed by atoms with E-state index in [4.69, 9.17) is 0 Å². The fourth-order valence-electron chi connectivity index (χ4n) is 2.13. The first-order valence-corrected chi connectivity index (χ1v) is 6.55. The van der Waals surface area contributed by atoms with Gasteiger partial charge in [0.15, 0.2) is 0 Å². The number of hydrogen-bond donors (Lipinski definition) is 2. The lowest BCUT2D eigenvalue weighted by Gasteiger charge is -2.25. The maximum atomic E-state index is 12.1. The molecule has 1 aromatic heterocycles. The Labute approximate surface area is 108 Å². The maximum Gasteiger partial charge on any atom is 0.270 e. The van der Waals surface area contributed by atoms with Gasteiger partial charge >= 0.3 is 0 Å². The second-order valence-corrected chi connectivity index (χ2v) is 5.41. The van der Waals surface area contributed by atoms with Crippen LogP contribution in [0.1, 0.15) is 44.1 Å². The number of amides is 1. The molecule has 98 valence electrons. The average molecular weight is 247 g/mol. The molecule has 4 heteroatoms. The Kier molecular flexibility index (Phi) is 3.55. The lowest BCUT2D eigenvalue weighted by atomic mass is 9.98. The van der Waals surface area contributed by atoms with Crippen LogP contribution in [0, 0.1) is 5.92 Å². The standard InChI is InChI=1S/C14H21N3O/c1-4-15-11-7-8-16-12(9-11)13(18)17-14(2,3)10-5-6-10/h7-10H,4-6H2,1-3H3,(H,15,16)(H,17,18). The Balaban J connectivity index is 2.06. The summed E-state index contributed by atoms with van der Waals surface area (Å²) >= 11 is 0. The SMILES string of the molecule is CCNc1ccnc(C(=O)NC(C)(C)C2CC2)c1. The van der Waals surface area contributed by atoms with Crippen molar-refractivity contribution in [3.8, 4) is 0 Å². The van der Waals surface area contributed by atoms with Crippen molar-refractivity contribution < 1.29 is 4.79 Å².